The molecule has 110 valence electrons. The molecule has 4 nitrogen and oxygen atoms in total. The second-order valence-corrected chi connectivity index (χ2v) is 5.30. The van der Waals surface area contributed by atoms with Gasteiger partial charge in [0, 0.05) is 5.52 Å². The van der Waals surface area contributed by atoms with Crippen molar-refractivity contribution in [3.63, 3.8) is 0 Å². The second-order valence-electron chi connectivity index (χ2n) is 4.15. The summed E-state index contributed by atoms with van der Waals surface area (Å²) >= 11 is 0. The summed E-state index contributed by atoms with van der Waals surface area (Å²) in [6.45, 7) is 0. The van der Waals surface area contributed by atoms with Gasteiger partial charge >= 0.3 is 18.9 Å². The van der Waals surface area contributed by atoms with E-state index >= 15 is 0 Å². The van der Waals surface area contributed by atoms with Gasteiger partial charge in [-0.2, -0.15) is 5.30 Å². The van der Waals surface area contributed by atoms with E-state index in [1.165, 1.54) is 14.2 Å². The number of ether oxygens (including phenoxy) is 3. The van der Waals surface area contributed by atoms with Crippen molar-refractivity contribution in [1.82, 2.24) is 0 Å². The van der Waals surface area contributed by atoms with Crippen LogP contribution in [0.25, 0.3) is 0 Å². The first-order valence-corrected chi connectivity index (χ1v) is 7.20. The molecule has 0 spiro atoms. The molecule has 6 heteroatoms. The normalized spacial score (nSPS) is 10.1. The number of methoxy groups -OCH3 is 3. The zero-order valence-electron chi connectivity index (χ0n) is 13.1. The van der Waals surface area contributed by atoms with Crippen LogP contribution in [0.1, 0.15) is 10.4 Å². The third kappa shape index (κ3) is 4.27. The van der Waals surface area contributed by atoms with Crippen LogP contribution in [0.5, 0.6) is 17.2 Å². The first-order chi connectivity index (χ1) is 10.2. The Kier molecular flexibility index (Phi) is 7.48. The molecule has 0 saturated heterocycles. The van der Waals surface area contributed by atoms with Crippen molar-refractivity contribution in [1.29, 1.82) is 0 Å². The minimum Gasteiger partial charge on any atom is -0.497 e. The molecule has 2 aromatic rings. The molecule has 0 amide bonds. The number of hydrogen-bond acceptors (Lipinski definition) is 4. The summed E-state index contributed by atoms with van der Waals surface area (Å²) in [5, 5.41) is 0.883. The van der Waals surface area contributed by atoms with E-state index in [-0.39, 0.29) is 24.4 Å². The fraction of sp³-hybridized carbons (Fsp3) is 0.188. The van der Waals surface area contributed by atoms with Gasteiger partial charge in [0.05, 0.1) is 26.9 Å². The molecule has 0 heterocycles. The number of carbonyl (C=O) groups is 1. The third-order valence-corrected chi connectivity index (χ3v) is 3.93. The maximum absolute atomic E-state index is 12.5. The molecule has 0 radical (unpaired) electrons. The standard InChI is InChI=1S/C16H16O4P.Li/c1-18-11-7-9-12(10-8-11)21-16(17)15-13(19-2)5-4-6-14(15)20-3;/h4-10H,1-3H3;/q-1;+1. The Morgan fingerprint density at radius 3 is 1.86 bits per heavy atom. The van der Waals surface area contributed by atoms with E-state index < -0.39 is 0 Å². The molecule has 2 rings (SSSR count). The largest absolute Gasteiger partial charge is 1.00 e. The molecule has 0 aromatic heterocycles. The van der Waals surface area contributed by atoms with Crippen molar-refractivity contribution in [2.45, 2.75) is 0 Å². The van der Waals surface area contributed by atoms with Crippen LogP contribution in [0, 0.1) is 0 Å². The monoisotopic (exact) mass is 310 g/mol. The Morgan fingerprint density at radius 2 is 1.41 bits per heavy atom. The Bertz CT molecular complexity index is 606. The molecular weight excluding hydrogens is 294 g/mol. The summed E-state index contributed by atoms with van der Waals surface area (Å²) in [6, 6.07) is 12.7. The van der Waals surface area contributed by atoms with E-state index in [0.717, 1.165) is 11.1 Å². The van der Waals surface area contributed by atoms with Crippen LogP contribution in [0.15, 0.2) is 42.5 Å². The van der Waals surface area contributed by atoms with Gasteiger partial charge in [-0.15, -0.1) is 0 Å². The Labute approximate surface area is 144 Å². The van der Waals surface area contributed by atoms with Crippen LogP contribution < -0.4 is 38.4 Å². The van der Waals surface area contributed by atoms with E-state index in [0.29, 0.717) is 25.6 Å². The van der Waals surface area contributed by atoms with Crippen molar-refractivity contribution in [2.75, 3.05) is 21.3 Å². The molecular formula is C16H16LiO4P. The summed E-state index contributed by atoms with van der Waals surface area (Å²) in [5.74, 6) is 1.79. The fourth-order valence-corrected chi connectivity index (χ4v) is 2.76. The number of benzene rings is 2. The zero-order valence-corrected chi connectivity index (χ0v) is 14.0. The zero-order chi connectivity index (χ0) is 15.2. The van der Waals surface area contributed by atoms with Crippen LogP contribution in [0.4, 0.5) is 0 Å². The minimum atomic E-state index is -0.0746. The average Bonchev–Trinajstić information content (AvgIpc) is 2.54. The number of carbonyl (C=O) groups excluding carboxylic acids is 1. The molecule has 0 fully saturated rings. The molecule has 0 unspecified atom stereocenters. The van der Waals surface area contributed by atoms with Crippen molar-refractivity contribution < 1.29 is 37.9 Å². The first kappa shape index (κ1) is 18.6. The summed E-state index contributed by atoms with van der Waals surface area (Å²) in [6.07, 6.45) is 0. The first-order valence-electron chi connectivity index (χ1n) is 6.30. The van der Waals surface area contributed by atoms with Gasteiger partial charge in [-0.1, -0.05) is 18.2 Å². The van der Waals surface area contributed by atoms with Gasteiger partial charge in [-0.05, 0) is 24.3 Å². The van der Waals surface area contributed by atoms with Gasteiger partial charge in [-0.3, -0.25) is 0 Å². The molecule has 0 aliphatic carbocycles. The Hall–Kier alpha value is -1.46. The molecule has 0 saturated carbocycles. The molecule has 0 N–H and O–H groups in total. The smallest absolute Gasteiger partial charge is 0.497 e. The number of hydrogen-bond donors (Lipinski definition) is 0. The van der Waals surface area contributed by atoms with Gasteiger partial charge in [0.25, 0.3) is 0 Å². The van der Waals surface area contributed by atoms with Crippen molar-refractivity contribution in [3.8, 4) is 17.2 Å². The van der Waals surface area contributed by atoms with Crippen molar-refractivity contribution >= 4 is 19.4 Å². The maximum atomic E-state index is 12.5. The SMILES string of the molecule is COc1ccc([P-]C(=O)c2c(OC)cccc2OC)cc1.[Li+]. The summed E-state index contributed by atoms with van der Waals surface area (Å²) in [7, 11) is 5.24. The molecule has 22 heavy (non-hydrogen) atoms. The second kappa shape index (κ2) is 8.85. The Morgan fingerprint density at radius 1 is 0.864 bits per heavy atom. The van der Waals surface area contributed by atoms with Crippen LogP contribution in [0.2, 0.25) is 0 Å². The quantitative estimate of drug-likeness (QED) is 0.562. The maximum Gasteiger partial charge on any atom is 1.00 e. The van der Waals surface area contributed by atoms with Gasteiger partial charge in [0.15, 0.2) is 0 Å². The predicted molar refractivity (Wildman–Crippen MR) is 83.4 cm³/mol. The van der Waals surface area contributed by atoms with E-state index in [4.69, 9.17) is 14.2 Å². The average molecular weight is 310 g/mol. The molecule has 0 aliphatic heterocycles. The van der Waals surface area contributed by atoms with Gasteiger partial charge < -0.3 is 27.6 Å². The summed E-state index contributed by atoms with van der Waals surface area (Å²) < 4.78 is 15.6. The van der Waals surface area contributed by atoms with Crippen LogP contribution in [-0.2, 0) is 0 Å². The topological polar surface area (TPSA) is 44.8 Å². The van der Waals surface area contributed by atoms with E-state index in [9.17, 15) is 4.79 Å². The van der Waals surface area contributed by atoms with E-state index in [2.05, 4.69) is 0 Å². The predicted octanol–water partition coefficient (Wildman–Crippen LogP) is 0.128. The molecule has 0 atom stereocenters. The number of rotatable bonds is 6. The van der Waals surface area contributed by atoms with Gasteiger partial charge in [-0.25, -0.2) is 0 Å². The summed E-state index contributed by atoms with van der Waals surface area (Å²) in [4.78, 5) is 12.5. The van der Waals surface area contributed by atoms with E-state index in [1.807, 2.05) is 24.3 Å². The summed E-state index contributed by atoms with van der Waals surface area (Å²) in [5.41, 5.74) is 0.384. The fourth-order valence-electron chi connectivity index (χ4n) is 1.89. The molecule has 0 aliphatic rings. The molecule has 2 aromatic carbocycles. The van der Waals surface area contributed by atoms with Crippen LogP contribution in [-0.4, -0.2) is 26.9 Å². The van der Waals surface area contributed by atoms with Crippen molar-refractivity contribution in [2.24, 2.45) is 0 Å². The van der Waals surface area contributed by atoms with Crippen LogP contribution in [0.3, 0.4) is 0 Å². The van der Waals surface area contributed by atoms with E-state index in [1.54, 1.807) is 25.3 Å². The van der Waals surface area contributed by atoms with Gasteiger partial charge in [0.1, 0.15) is 17.2 Å². The third-order valence-electron chi connectivity index (χ3n) is 2.94. The van der Waals surface area contributed by atoms with Crippen molar-refractivity contribution in [3.05, 3.63) is 48.0 Å². The minimum absolute atomic E-state index is 0. The van der Waals surface area contributed by atoms with Gasteiger partial charge in [0.2, 0.25) is 0 Å². The van der Waals surface area contributed by atoms with Crippen LogP contribution >= 0.6 is 8.58 Å². The molecule has 0 bridgehead atoms. The Balaban J connectivity index is 0.00000242.